The van der Waals surface area contributed by atoms with E-state index in [-0.39, 0.29) is 11.7 Å². The van der Waals surface area contributed by atoms with Crippen LogP contribution in [0.5, 0.6) is 5.75 Å². The molecule has 0 saturated heterocycles. The smallest absolute Gasteiger partial charge is 0.230 e. The van der Waals surface area contributed by atoms with E-state index in [0.29, 0.717) is 18.2 Å². The van der Waals surface area contributed by atoms with Crippen molar-refractivity contribution in [3.05, 3.63) is 42.5 Å². The number of carbonyl (C=O) groups is 1. The highest BCUT2D eigenvalue weighted by Crippen LogP contribution is 2.14. The minimum absolute atomic E-state index is 0.0824. The summed E-state index contributed by atoms with van der Waals surface area (Å²) in [5.41, 5.74) is 0.981. The number of allylic oxidation sites excluding steroid dienone is 1. The molecule has 0 saturated carbocycles. The van der Waals surface area contributed by atoms with Gasteiger partial charge in [0.15, 0.2) is 0 Å². The number of amides is 1. The van der Waals surface area contributed by atoms with Crippen molar-refractivity contribution in [2.75, 3.05) is 12.9 Å². The Balaban J connectivity index is 1.80. The Morgan fingerprint density at radius 3 is 3.18 bits per heavy atom. The first-order valence-electron chi connectivity index (χ1n) is 6.62. The minimum atomic E-state index is -0.0824. The predicted octanol–water partition coefficient (Wildman–Crippen LogP) is 1.28. The Hall–Kier alpha value is -2.35. The molecule has 1 aromatic carbocycles. The number of carbonyl (C=O) groups excluding carboxylic acids is 1. The largest absolute Gasteiger partial charge is 0.497 e. The maximum absolute atomic E-state index is 11.9. The van der Waals surface area contributed by atoms with Gasteiger partial charge in [0.2, 0.25) is 11.1 Å². The molecule has 1 amide bonds. The van der Waals surface area contributed by atoms with Crippen LogP contribution in [-0.4, -0.2) is 39.0 Å². The van der Waals surface area contributed by atoms with Crippen molar-refractivity contribution >= 4 is 17.7 Å². The zero-order chi connectivity index (χ0) is 15.8. The fourth-order valence-electron chi connectivity index (χ4n) is 1.70. The number of thioether (sulfide) groups is 1. The summed E-state index contributed by atoms with van der Waals surface area (Å²) in [6.07, 6.45) is 1.70. The van der Waals surface area contributed by atoms with Crippen LogP contribution in [0.2, 0.25) is 0 Å². The van der Waals surface area contributed by atoms with Gasteiger partial charge >= 0.3 is 0 Å². The van der Waals surface area contributed by atoms with Crippen molar-refractivity contribution in [2.24, 2.45) is 0 Å². The monoisotopic (exact) mass is 319 g/mol. The van der Waals surface area contributed by atoms with Crippen LogP contribution in [0.25, 0.3) is 0 Å². The van der Waals surface area contributed by atoms with E-state index in [1.165, 1.54) is 11.8 Å². The lowest BCUT2D eigenvalue weighted by molar-refractivity contribution is -0.118. The van der Waals surface area contributed by atoms with E-state index in [1.54, 1.807) is 17.9 Å². The fourth-order valence-corrected chi connectivity index (χ4v) is 2.42. The average molecular weight is 319 g/mol. The molecule has 2 rings (SSSR count). The molecule has 0 aliphatic heterocycles. The standard InChI is InChI=1S/C14H17N5O2S/c1-3-7-19-14(16-17-18-19)22-10-13(20)15-9-11-5-4-6-12(8-11)21-2/h3-6,8H,1,7,9-10H2,2H3,(H,15,20). The molecule has 0 aliphatic rings. The molecule has 1 N–H and O–H groups in total. The average Bonchev–Trinajstić information content (AvgIpc) is 2.99. The van der Waals surface area contributed by atoms with E-state index in [1.807, 2.05) is 24.3 Å². The van der Waals surface area contributed by atoms with Crippen LogP contribution in [0.15, 0.2) is 42.1 Å². The van der Waals surface area contributed by atoms with Gasteiger partial charge in [-0.2, -0.15) is 0 Å². The lowest BCUT2D eigenvalue weighted by Gasteiger charge is -2.06. The van der Waals surface area contributed by atoms with Crippen LogP contribution in [0, 0.1) is 0 Å². The Bertz CT molecular complexity index is 644. The SMILES string of the molecule is C=CCn1nnnc1SCC(=O)NCc1cccc(OC)c1. The molecule has 0 fully saturated rings. The quantitative estimate of drug-likeness (QED) is 0.583. The number of ether oxygens (including phenoxy) is 1. The normalized spacial score (nSPS) is 10.2. The molecule has 116 valence electrons. The summed E-state index contributed by atoms with van der Waals surface area (Å²) in [6, 6.07) is 7.57. The third-order valence-electron chi connectivity index (χ3n) is 2.76. The Morgan fingerprint density at radius 1 is 1.55 bits per heavy atom. The maximum Gasteiger partial charge on any atom is 0.230 e. The molecule has 2 aromatic rings. The predicted molar refractivity (Wildman–Crippen MR) is 83.6 cm³/mol. The maximum atomic E-state index is 11.9. The van der Waals surface area contributed by atoms with Crippen molar-refractivity contribution in [1.82, 2.24) is 25.5 Å². The summed E-state index contributed by atoms with van der Waals surface area (Å²) in [5, 5.41) is 14.7. The third kappa shape index (κ3) is 4.59. The number of hydrogen-bond acceptors (Lipinski definition) is 6. The second-order valence-electron chi connectivity index (χ2n) is 4.35. The van der Waals surface area contributed by atoms with E-state index < -0.39 is 0 Å². The van der Waals surface area contributed by atoms with E-state index in [0.717, 1.165) is 11.3 Å². The second-order valence-corrected chi connectivity index (χ2v) is 5.29. The Kier molecular flexibility index (Phi) is 5.96. The van der Waals surface area contributed by atoms with E-state index >= 15 is 0 Å². The zero-order valence-corrected chi connectivity index (χ0v) is 13.0. The highest BCUT2D eigenvalue weighted by Gasteiger charge is 2.09. The van der Waals surface area contributed by atoms with Crippen LogP contribution >= 0.6 is 11.8 Å². The van der Waals surface area contributed by atoms with Crippen LogP contribution in [0.4, 0.5) is 0 Å². The second kappa shape index (κ2) is 8.18. The summed E-state index contributed by atoms with van der Waals surface area (Å²) in [6.45, 7) is 4.60. The summed E-state index contributed by atoms with van der Waals surface area (Å²) in [4.78, 5) is 11.9. The number of aromatic nitrogens is 4. The highest BCUT2D eigenvalue weighted by molar-refractivity contribution is 7.99. The molecule has 1 aromatic heterocycles. The summed E-state index contributed by atoms with van der Waals surface area (Å²) < 4.78 is 6.73. The van der Waals surface area contributed by atoms with Crippen molar-refractivity contribution in [1.29, 1.82) is 0 Å². The van der Waals surface area contributed by atoms with Gasteiger partial charge in [0.05, 0.1) is 19.4 Å². The molecule has 7 nitrogen and oxygen atoms in total. The van der Waals surface area contributed by atoms with Gasteiger partial charge in [0.1, 0.15) is 5.75 Å². The van der Waals surface area contributed by atoms with Gasteiger partial charge in [0.25, 0.3) is 0 Å². The first-order valence-corrected chi connectivity index (χ1v) is 7.61. The van der Waals surface area contributed by atoms with Gasteiger partial charge in [0, 0.05) is 6.54 Å². The van der Waals surface area contributed by atoms with Crippen LogP contribution in [-0.2, 0) is 17.9 Å². The first kappa shape index (κ1) is 16.0. The highest BCUT2D eigenvalue weighted by atomic mass is 32.2. The van der Waals surface area contributed by atoms with Crippen molar-refractivity contribution in [3.63, 3.8) is 0 Å². The molecular formula is C14H17N5O2S. The number of nitrogens with one attached hydrogen (secondary N) is 1. The number of tetrazole rings is 1. The van der Waals surface area contributed by atoms with Gasteiger partial charge < -0.3 is 10.1 Å². The van der Waals surface area contributed by atoms with Crippen molar-refractivity contribution in [2.45, 2.75) is 18.2 Å². The summed E-state index contributed by atoms with van der Waals surface area (Å²) in [5.74, 6) is 0.937. The molecular weight excluding hydrogens is 302 g/mol. The van der Waals surface area contributed by atoms with Gasteiger partial charge in [-0.05, 0) is 28.1 Å². The van der Waals surface area contributed by atoms with Crippen LogP contribution in [0.3, 0.4) is 0 Å². The van der Waals surface area contributed by atoms with Crippen LogP contribution < -0.4 is 10.1 Å². The first-order chi connectivity index (χ1) is 10.7. The number of methoxy groups -OCH3 is 1. The molecule has 0 radical (unpaired) electrons. The van der Waals surface area contributed by atoms with Crippen LogP contribution in [0.1, 0.15) is 5.56 Å². The molecule has 8 heteroatoms. The minimum Gasteiger partial charge on any atom is -0.497 e. The molecule has 0 atom stereocenters. The summed E-state index contributed by atoms with van der Waals surface area (Å²) in [7, 11) is 1.61. The van der Waals surface area contributed by atoms with E-state index in [9.17, 15) is 4.79 Å². The fraction of sp³-hybridized carbons (Fsp3) is 0.286. The Labute approximate surface area is 132 Å². The molecule has 0 aliphatic carbocycles. The van der Waals surface area contributed by atoms with Crippen molar-refractivity contribution < 1.29 is 9.53 Å². The van der Waals surface area contributed by atoms with E-state index in [2.05, 4.69) is 27.4 Å². The third-order valence-corrected chi connectivity index (χ3v) is 3.71. The van der Waals surface area contributed by atoms with E-state index in [4.69, 9.17) is 4.74 Å². The molecule has 0 unspecified atom stereocenters. The number of rotatable bonds is 8. The lowest BCUT2D eigenvalue weighted by Crippen LogP contribution is -2.24. The number of nitrogens with zero attached hydrogens (tertiary/aromatic N) is 4. The molecule has 0 bridgehead atoms. The van der Waals surface area contributed by atoms with Gasteiger partial charge in [-0.25, -0.2) is 4.68 Å². The molecule has 22 heavy (non-hydrogen) atoms. The van der Waals surface area contributed by atoms with Crippen molar-refractivity contribution in [3.8, 4) is 5.75 Å². The Morgan fingerprint density at radius 2 is 2.41 bits per heavy atom. The van der Waals surface area contributed by atoms with Gasteiger partial charge in [-0.3, -0.25) is 4.79 Å². The number of hydrogen-bond donors (Lipinski definition) is 1. The molecule has 1 heterocycles. The van der Waals surface area contributed by atoms with Gasteiger partial charge in [-0.15, -0.1) is 11.7 Å². The van der Waals surface area contributed by atoms with Gasteiger partial charge in [-0.1, -0.05) is 30.0 Å². The topological polar surface area (TPSA) is 81.9 Å². The zero-order valence-electron chi connectivity index (χ0n) is 12.2. The molecule has 0 spiro atoms. The summed E-state index contributed by atoms with van der Waals surface area (Å²) >= 11 is 1.29. The lowest BCUT2D eigenvalue weighted by atomic mass is 10.2. The number of benzene rings is 1.